The average molecular weight is 386 g/mol. The van der Waals surface area contributed by atoms with Gasteiger partial charge in [-0.25, -0.2) is 0 Å². The summed E-state index contributed by atoms with van der Waals surface area (Å²) in [5, 5.41) is 6.56. The molecule has 1 aliphatic carbocycles. The van der Waals surface area contributed by atoms with Gasteiger partial charge in [-0.3, -0.25) is 9.59 Å². The number of benzene rings is 1. The monoisotopic (exact) mass is 386 g/mol. The lowest BCUT2D eigenvalue weighted by atomic mass is 9.87. The summed E-state index contributed by atoms with van der Waals surface area (Å²) in [5.41, 5.74) is 1.14. The highest BCUT2D eigenvalue weighted by atomic mass is 16.5. The maximum Gasteiger partial charge on any atom is 0.237 e. The SMILES string of the molecule is COc1ccc(N2CCN(C(=O)C[C@@H]3N[C@H]4CCCC[C@H]4NC3=O)CC2)cc1. The van der Waals surface area contributed by atoms with Gasteiger partial charge in [-0.05, 0) is 37.1 Å². The third kappa shape index (κ3) is 4.09. The van der Waals surface area contributed by atoms with Gasteiger partial charge in [-0.15, -0.1) is 0 Å². The zero-order chi connectivity index (χ0) is 19.5. The summed E-state index contributed by atoms with van der Waals surface area (Å²) in [6, 6.07) is 8.17. The summed E-state index contributed by atoms with van der Waals surface area (Å²) in [4.78, 5) is 29.3. The number of ether oxygens (including phenoxy) is 1. The third-order valence-electron chi connectivity index (χ3n) is 6.27. The van der Waals surface area contributed by atoms with Gasteiger partial charge in [0.2, 0.25) is 11.8 Å². The van der Waals surface area contributed by atoms with Gasteiger partial charge >= 0.3 is 0 Å². The molecule has 2 saturated heterocycles. The molecule has 2 N–H and O–H groups in total. The van der Waals surface area contributed by atoms with E-state index < -0.39 is 6.04 Å². The first kappa shape index (κ1) is 19.1. The van der Waals surface area contributed by atoms with Crippen LogP contribution in [-0.2, 0) is 9.59 Å². The zero-order valence-electron chi connectivity index (χ0n) is 16.5. The van der Waals surface area contributed by atoms with Crippen LogP contribution >= 0.6 is 0 Å². The Hall–Kier alpha value is -2.28. The molecule has 3 atom stereocenters. The first-order valence-corrected chi connectivity index (χ1v) is 10.4. The minimum Gasteiger partial charge on any atom is -0.497 e. The number of hydrogen-bond acceptors (Lipinski definition) is 5. The molecule has 28 heavy (non-hydrogen) atoms. The number of hydrogen-bond donors (Lipinski definition) is 2. The minimum absolute atomic E-state index is 0.0200. The van der Waals surface area contributed by atoms with E-state index in [4.69, 9.17) is 4.74 Å². The van der Waals surface area contributed by atoms with Crippen LogP contribution in [0.4, 0.5) is 5.69 Å². The normalized spacial score (nSPS) is 27.8. The van der Waals surface area contributed by atoms with Gasteiger partial charge in [-0.1, -0.05) is 12.8 Å². The van der Waals surface area contributed by atoms with Crippen molar-refractivity contribution in [3.8, 4) is 5.75 Å². The first-order chi connectivity index (χ1) is 13.6. The molecule has 7 nitrogen and oxygen atoms in total. The molecule has 2 heterocycles. The second-order valence-electron chi connectivity index (χ2n) is 8.00. The number of amides is 2. The molecular weight excluding hydrogens is 356 g/mol. The number of carbonyl (C=O) groups excluding carboxylic acids is 2. The largest absolute Gasteiger partial charge is 0.497 e. The van der Waals surface area contributed by atoms with Crippen molar-refractivity contribution in [1.82, 2.24) is 15.5 Å². The molecule has 0 bridgehead atoms. The van der Waals surface area contributed by atoms with Crippen LogP contribution in [-0.4, -0.2) is 68.1 Å². The van der Waals surface area contributed by atoms with E-state index in [9.17, 15) is 9.59 Å². The van der Waals surface area contributed by atoms with Crippen molar-refractivity contribution in [2.24, 2.45) is 0 Å². The minimum atomic E-state index is -0.397. The number of methoxy groups -OCH3 is 1. The van der Waals surface area contributed by atoms with Crippen molar-refractivity contribution in [3.63, 3.8) is 0 Å². The molecule has 3 fully saturated rings. The van der Waals surface area contributed by atoms with E-state index in [1.165, 1.54) is 12.8 Å². The quantitative estimate of drug-likeness (QED) is 0.812. The first-order valence-electron chi connectivity index (χ1n) is 10.4. The summed E-state index contributed by atoms with van der Waals surface area (Å²) in [5.74, 6) is 0.890. The number of anilines is 1. The second kappa shape index (κ2) is 8.39. The molecule has 7 heteroatoms. The Balaban J connectivity index is 1.28. The van der Waals surface area contributed by atoms with Gasteiger partial charge in [0.1, 0.15) is 5.75 Å². The second-order valence-corrected chi connectivity index (χ2v) is 8.00. The van der Waals surface area contributed by atoms with Crippen LogP contribution in [0.1, 0.15) is 32.1 Å². The number of piperazine rings is 2. The molecule has 0 radical (unpaired) electrons. The van der Waals surface area contributed by atoms with Gasteiger partial charge in [0, 0.05) is 44.0 Å². The van der Waals surface area contributed by atoms with Gasteiger partial charge in [0.15, 0.2) is 0 Å². The molecule has 2 amide bonds. The lowest BCUT2D eigenvalue weighted by Crippen LogP contribution is -2.65. The van der Waals surface area contributed by atoms with Crippen LogP contribution in [0, 0.1) is 0 Å². The van der Waals surface area contributed by atoms with E-state index in [1.54, 1.807) is 7.11 Å². The Kier molecular flexibility index (Phi) is 5.71. The van der Waals surface area contributed by atoms with Gasteiger partial charge in [-0.2, -0.15) is 0 Å². The number of nitrogens with one attached hydrogen (secondary N) is 2. The van der Waals surface area contributed by atoms with Crippen LogP contribution in [0.3, 0.4) is 0 Å². The topological polar surface area (TPSA) is 73.9 Å². The maximum atomic E-state index is 12.8. The van der Waals surface area contributed by atoms with Gasteiger partial charge in [0.05, 0.1) is 19.6 Å². The standard InChI is InChI=1S/C21H30N4O3/c1-28-16-8-6-15(7-9-16)24-10-12-25(13-11-24)20(26)14-19-21(27)23-18-5-3-2-4-17(18)22-19/h6-9,17-19,22H,2-5,10-14H2,1H3,(H,23,27)/t17-,18+,19-/m0/s1. The van der Waals surface area contributed by atoms with Crippen LogP contribution in [0.15, 0.2) is 24.3 Å². The van der Waals surface area contributed by atoms with Crippen LogP contribution < -0.4 is 20.3 Å². The molecule has 1 aromatic carbocycles. The van der Waals surface area contributed by atoms with E-state index in [2.05, 4.69) is 15.5 Å². The number of rotatable bonds is 4. The molecule has 0 unspecified atom stereocenters. The molecule has 0 aromatic heterocycles. The molecule has 1 saturated carbocycles. The Morgan fingerprint density at radius 2 is 1.75 bits per heavy atom. The Morgan fingerprint density at radius 3 is 2.43 bits per heavy atom. The van der Waals surface area contributed by atoms with Crippen molar-refractivity contribution in [1.29, 1.82) is 0 Å². The number of fused-ring (bicyclic) bond motifs is 1. The summed E-state index contributed by atoms with van der Waals surface area (Å²) < 4.78 is 5.21. The van der Waals surface area contributed by atoms with Crippen LogP contribution in [0.5, 0.6) is 5.75 Å². The lowest BCUT2D eigenvalue weighted by molar-refractivity contribution is -0.136. The van der Waals surface area contributed by atoms with Gasteiger partial charge < -0.3 is 25.2 Å². The lowest BCUT2D eigenvalue weighted by Gasteiger charge is -2.41. The van der Waals surface area contributed by atoms with Crippen molar-refractivity contribution >= 4 is 17.5 Å². The molecule has 1 aromatic rings. The fraction of sp³-hybridized carbons (Fsp3) is 0.619. The average Bonchev–Trinajstić information content (AvgIpc) is 2.74. The fourth-order valence-electron chi connectivity index (χ4n) is 4.58. The molecule has 4 rings (SSSR count). The number of nitrogens with zero attached hydrogens (tertiary/aromatic N) is 2. The maximum absolute atomic E-state index is 12.8. The Morgan fingerprint density at radius 1 is 1.07 bits per heavy atom. The van der Waals surface area contributed by atoms with Gasteiger partial charge in [0.25, 0.3) is 0 Å². The summed E-state index contributed by atoms with van der Waals surface area (Å²) in [7, 11) is 1.66. The zero-order valence-corrected chi connectivity index (χ0v) is 16.5. The summed E-state index contributed by atoms with van der Waals surface area (Å²) in [6.07, 6.45) is 4.73. The molecule has 2 aliphatic heterocycles. The van der Waals surface area contributed by atoms with E-state index >= 15 is 0 Å². The Labute approximate surface area is 166 Å². The molecule has 0 spiro atoms. The fourth-order valence-corrected chi connectivity index (χ4v) is 4.58. The number of carbonyl (C=O) groups is 2. The van der Waals surface area contributed by atoms with E-state index in [1.807, 2.05) is 29.2 Å². The highest BCUT2D eigenvalue weighted by Crippen LogP contribution is 2.23. The summed E-state index contributed by atoms with van der Waals surface area (Å²) >= 11 is 0. The van der Waals surface area contributed by atoms with E-state index in [0.717, 1.165) is 37.4 Å². The van der Waals surface area contributed by atoms with E-state index in [-0.39, 0.29) is 24.3 Å². The smallest absolute Gasteiger partial charge is 0.237 e. The third-order valence-corrected chi connectivity index (χ3v) is 6.27. The van der Waals surface area contributed by atoms with E-state index in [0.29, 0.717) is 19.1 Å². The van der Waals surface area contributed by atoms with Crippen molar-refractivity contribution < 1.29 is 14.3 Å². The molecular formula is C21H30N4O3. The van der Waals surface area contributed by atoms with Crippen molar-refractivity contribution in [2.45, 2.75) is 50.2 Å². The summed E-state index contributed by atoms with van der Waals surface area (Å²) in [6.45, 7) is 2.97. The van der Waals surface area contributed by atoms with Crippen molar-refractivity contribution in [2.75, 3.05) is 38.2 Å². The van der Waals surface area contributed by atoms with Crippen LogP contribution in [0.25, 0.3) is 0 Å². The molecule has 152 valence electrons. The van der Waals surface area contributed by atoms with Crippen LogP contribution in [0.2, 0.25) is 0 Å². The molecule has 3 aliphatic rings. The predicted octanol–water partition coefficient (Wildman–Crippen LogP) is 1.13. The highest BCUT2D eigenvalue weighted by molar-refractivity contribution is 5.89. The van der Waals surface area contributed by atoms with Crippen molar-refractivity contribution in [3.05, 3.63) is 24.3 Å². The highest BCUT2D eigenvalue weighted by Gasteiger charge is 2.37. The Bertz CT molecular complexity index is 700. The predicted molar refractivity (Wildman–Crippen MR) is 108 cm³/mol.